The Labute approximate surface area is 211 Å². The van der Waals surface area contributed by atoms with Crippen LogP contribution in [0.1, 0.15) is 39.4 Å². The van der Waals surface area contributed by atoms with Crippen LogP contribution in [0.3, 0.4) is 0 Å². The van der Waals surface area contributed by atoms with Crippen molar-refractivity contribution in [3.05, 3.63) is 48.3 Å². The molecule has 1 aliphatic rings. The molecule has 2 amide bonds. The first-order valence-electron chi connectivity index (χ1n) is 11.9. The van der Waals surface area contributed by atoms with Gasteiger partial charge >= 0.3 is 6.03 Å². The summed E-state index contributed by atoms with van der Waals surface area (Å²) in [7, 11) is -2.35. The Bertz CT molecular complexity index is 1340. The second kappa shape index (κ2) is 10.1. The number of nitrogens with one attached hydrogen (secondary N) is 2. The van der Waals surface area contributed by atoms with Gasteiger partial charge in [-0.1, -0.05) is 20.8 Å². The number of rotatable bonds is 6. The number of nitrogens with zero attached hydrogens (tertiary/aromatic N) is 3. The van der Waals surface area contributed by atoms with Gasteiger partial charge in [-0.15, -0.1) is 0 Å². The number of imidazole rings is 1. The van der Waals surface area contributed by atoms with Gasteiger partial charge in [-0.2, -0.15) is 0 Å². The minimum Gasteiger partial charge on any atom is -0.381 e. The number of hydroxylamine groups is 1. The molecule has 194 valence electrons. The fourth-order valence-corrected chi connectivity index (χ4v) is 5.61. The van der Waals surface area contributed by atoms with Crippen molar-refractivity contribution in [2.75, 3.05) is 29.9 Å². The lowest BCUT2D eigenvalue weighted by molar-refractivity contribution is 0.0611. The van der Waals surface area contributed by atoms with E-state index in [9.17, 15) is 13.2 Å². The molecule has 2 aromatic carbocycles. The molecule has 0 radical (unpaired) electrons. The van der Waals surface area contributed by atoms with Crippen LogP contribution in [0.4, 0.5) is 16.2 Å². The van der Waals surface area contributed by atoms with Crippen molar-refractivity contribution in [2.45, 2.75) is 50.5 Å². The van der Waals surface area contributed by atoms with Crippen LogP contribution in [0, 0.1) is 5.92 Å². The summed E-state index contributed by atoms with van der Waals surface area (Å²) in [6.45, 7) is 8.81. The quantitative estimate of drug-likeness (QED) is 0.335. The number of benzene rings is 2. The minimum absolute atomic E-state index is 0.0699. The summed E-state index contributed by atoms with van der Waals surface area (Å²) >= 11 is 0. The summed E-state index contributed by atoms with van der Waals surface area (Å²) in [4.78, 5) is 16.3. The van der Waals surface area contributed by atoms with E-state index in [2.05, 4.69) is 30.7 Å². The molecule has 11 heteroatoms. The van der Waals surface area contributed by atoms with Crippen LogP contribution >= 0.6 is 0 Å². The van der Waals surface area contributed by atoms with Crippen LogP contribution < -0.4 is 15.1 Å². The van der Waals surface area contributed by atoms with Crippen molar-refractivity contribution in [3.8, 4) is 0 Å². The number of anilines is 2. The summed E-state index contributed by atoms with van der Waals surface area (Å²) in [5.74, 6) is 1.49. The molecule has 0 unspecified atom stereocenters. The second-order valence-electron chi connectivity index (χ2n) is 10.1. The maximum atomic E-state index is 13.3. The van der Waals surface area contributed by atoms with Gasteiger partial charge in [0.1, 0.15) is 5.82 Å². The molecule has 0 bridgehead atoms. The topological polar surface area (TPSA) is 126 Å². The van der Waals surface area contributed by atoms with E-state index in [0.717, 1.165) is 49.5 Å². The number of ether oxygens (including phenoxy) is 1. The average molecular weight is 516 g/mol. The molecule has 3 aromatic rings. The largest absolute Gasteiger partial charge is 0.381 e. The maximum Gasteiger partial charge on any atom is 0.342 e. The first-order valence-corrected chi connectivity index (χ1v) is 13.3. The Morgan fingerprint density at radius 2 is 1.83 bits per heavy atom. The Morgan fingerprint density at radius 3 is 2.44 bits per heavy atom. The van der Waals surface area contributed by atoms with E-state index >= 15 is 0 Å². The van der Waals surface area contributed by atoms with Crippen LogP contribution in [-0.2, 0) is 26.7 Å². The van der Waals surface area contributed by atoms with Gasteiger partial charge in [-0.05, 0) is 61.2 Å². The lowest BCUT2D eigenvalue weighted by Gasteiger charge is -2.26. The molecule has 10 nitrogen and oxygen atoms in total. The summed E-state index contributed by atoms with van der Waals surface area (Å²) in [6.07, 6.45) is 2.03. The number of amides is 2. The lowest BCUT2D eigenvalue weighted by atomic mass is 9.94. The molecule has 0 spiro atoms. The molecule has 0 atom stereocenters. The van der Waals surface area contributed by atoms with Crippen LogP contribution in [0.15, 0.2) is 47.4 Å². The zero-order chi connectivity index (χ0) is 26.1. The van der Waals surface area contributed by atoms with Crippen molar-refractivity contribution < 1.29 is 23.2 Å². The highest BCUT2D eigenvalue weighted by atomic mass is 32.2. The Balaban J connectivity index is 1.65. The standard InChI is InChI=1S/C25H33N5O5S/c1-25(2,3)23-27-21-15-19(7-10-22(21)30(23)16-17-11-13-35-14-12-17)29(4)36(33,34)20-8-5-18(6-9-20)26-24(31)28-32/h5-10,15,17,32H,11-14,16H2,1-4H3,(H2,26,28,31). The molecular weight excluding hydrogens is 482 g/mol. The number of carbonyl (C=O) groups is 1. The fraction of sp³-hybridized carbons (Fsp3) is 0.440. The third-order valence-corrected chi connectivity index (χ3v) is 8.22. The third-order valence-electron chi connectivity index (χ3n) is 6.42. The fourth-order valence-electron chi connectivity index (χ4n) is 4.42. The zero-order valence-electron chi connectivity index (χ0n) is 21.0. The zero-order valence-corrected chi connectivity index (χ0v) is 21.8. The third kappa shape index (κ3) is 5.32. The monoisotopic (exact) mass is 515 g/mol. The molecule has 1 aliphatic heterocycles. The number of hydrogen-bond acceptors (Lipinski definition) is 6. The predicted molar refractivity (Wildman–Crippen MR) is 138 cm³/mol. The van der Waals surface area contributed by atoms with Crippen molar-refractivity contribution >= 4 is 38.5 Å². The molecule has 36 heavy (non-hydrogen) atoms. The van der Waals surface area contributed by atoms with E-state index in [1.807, 2.05) is 12.1 Å². The molecule has 3 N–H and O–H groups in total. The molecule has 0 saturated carbocycles. The van der Waals surface area contributed by atoms with Crippen LogP contribution in [-0.4, -0.2) is 49.5 Å². The van der Waals surface area contributed by atoms with Crippen LogP contribution in [0.5, 0.6) is 0 Å². The van der Waals surface area contributed by atoms with Gasteiger partial charge in [0.2, 0.25) is 0 Å². The van der Waals surface area contributed by atoms with Gasteiger partial charge in [-0.25, -0.2) is 23.7 Å². The van der Waals surface area contributed by atoms with Crippen molar-refractivity contribution in [3.63, 3.8) is 0 Å². The van der Waals surface area contributed by atoms with E-state index < -0.39 is 16.1 Å². The second-order valence-corrected chi connectivity index (χ2v) is 12.1. The number of aromatic nitrogens is 2. The van der Waals surface area contributed by atoms with E-state index in [-0.39, 0.29) is 10.3 Å². The number of sulfonamides is 1. The van der Waals surface area contributed by atoms with E-state index in [0.29, 0.717) is 17.3 Å². The molecule has 0 aliphatic carbocycles. The Kier molecular flexibility index (Phi) is 7.26. The molecule has 1 saturated heterocycles. The summed E-state index contributed by atoms with van der Waals surface area (Å²) in [5, 5.41) is 11.0. The average Bonchev–Trinajstić information content (AvgIpc) is 3.22. The molecule has 2 heterocycles. The van der Waals surface area contributed by atoms with Crippen molar-refractivity contribution in [1.82, 2.24) is 15.0 Å². The first kappa shape index (κ1) is 25.9. The number of carbonyl (C=O) groups excluding carboxylic acids is 1. The smallest absolute Gasteiger partial charge is 0.342 e. The summed E-state index contributed by atoms with van der Waals surface area (Å²) in [5.41, 5.74) is 3.86. The Hall–Kier alpha value is -3.15. The van der Waals surface area contributed by atoms with Gasteiger partial charge < -0.3 is 14.6 Å². The molecule has 1 fully saturated rings. The molecular formula is C25H33N5O5S. The number of urea groups is 1. The maximum absolute atomic E-state index is 13.3. The Morgan fingerprint density at radius 1 is 1.17 bits per heavy atom. The minimum atomic E-state index is -3.86. The van der Waals surface area contributed by atoms with E-state index in [4.69, 9.17) is 14.9 Å². The van der Waals surface area contributed by atoms with Gasteiger partial charge in [0.25, 0.3) is 10.0 Å². The van der Waals surface area contributed by atoms with E-state index in [1.54, 1.807) is 6.07 Å². The normalized spacial score (nSPS) is 15.1. The highest BCUT2D eigenvalue weighted by Crippen LogP contribution is 2.32. The van der Waals surface area contributed by atoms with Crippen LogP contribution in [0.2, 0.25) is 0 Å². The number of hydrogen-bond donors (Lipinski definition) is 3. The van der Waals surface area contributed by atoms with Gasteiger partial charge in [0, 0.05) is 37.9 Å². The number of fused-ring (bicyclic) bond motifs is 1. The van der Waals surface area contributed by atoms with Crippen LogP contribution in [0.25, 0.3) is 11.0 Å². The van der Waals surface area contributed by atoms with E-state index in [1.165, 1.54) is 41.1 Å². The highest BCUT2D eigenvalue weighted by molar-refractivity contribution is 7.92. The predicted octanol–water partition coefficient (Wildman–Crippen LogP) is 4.10. The van der Waals surface area contributed by atoms with Crippen molar-refractivity contribution in [2.24, 2.45) is 5.92 Å². The van der Waals surface area contributed by atoms with Crippen molar-refractivity contribution in [1.29, 1.82) is 0 Å². The lowest BCUT2D eigenvalue weighted by Crippen LogP contribution is -2.27. The summed E-state index contributed by atoms with van der Waals surface area (Å²) in [6, 6.07) is 10.4. The summed E-state index contributed by atoms with van der Waals surface area (Å²) < 4.78 is 35.6. The van der Waals surface area contributed by atoms with Gasteiger partial charge in [-0.3, -0.25) is 9.51 Å². The molecule has 1 aromatic heterocycles. The van der Waals surface area contributed by atoms with Gasteiger partial charge in [0.15, 0.2) is 0 Å². The molecule has 4 rings (SSSR count). The first-order chi connectivity index (χ1) is 17.0. The van der Waals surface area contributed by atoms with Gasteiger partial charge in [0.05, 0.1) is 21.6 Å². The SMILES string of the molecule is CN(c1ccc2c(c1)nc(C(C)(C)C)n2CC1CCOCC1)S(=O)(=O)c1ccc(NC(=O)NO)cc1. The highest BCUT2D eigenvalue weighted by Gasteiger charge is 2.27.